The van der Waals surface area contributed by atoms with Crippen molar-refractivity contribution in [2.24, 2.45) is 5.73 Å². The molecule has 0 atom stereocenters. The molecule has 0 saturated heterocycles. The van der Waals surface area contributed by atoms with Gasteiger partial charge in [-0.25, -0.2) is 4.79 Å². The highest BCUT2D eigenvalue weighted by molar-refractivity contribution is 5.92. The number of hydrogen-bond donors (Lipinski definition) is 1. The predicted octanol–water partition coefficient (Wildman–Crippen LogP) is 1.89. The van der Waals surface area contributed by atoms with Crippen LogP contribution < -0.4 is 5.73 Å². The summed E-state index contributed by atoms with van der Waals surface area (Å²) in [7, 11) is 1.28. The molecular formula is C12H18N2O2. The molecule has 0 spiro atoms. The summed E-state index contributed by atoms with van der Waals surface area (Å²) < 4.78 is 4.45. The lowest BCUT2D eigenvalue weighted by molar-refractivity contribution is -0.136. The van der Waals surface area contributed by atoms with Crippen molar-refractivity contribution in [3.8, 4) is 0 Å². The van der Waals surface area contributed by atoms with Crippen molar-refractivity contribution in [1.29, 1.82) is 0 Å². The Balaban J connectivity index is 0.00000106. The lowest BCUT2D eigenvalue weighted by Crippen LogP contribution is -2.12. The number of rotatable bonds is 2. The van der Waals surface area contributed by atoms with Crippen LogP contribution in [0.15, 0.2) is 24.0 Å². The fourth-order valence-corrected chi connectivity index (χ4v) is 0.901. The minimum atomic E-state index is -0.549. The summed E-state index contributed by atoms with van der Waals surface area (Å²) in [4.78, 5) is 15.0. The minimum Gasteiger partial charge on any atom is -0.464 e. The molecule has 1 heterocycles. The zero-order chi connectivity index (χ0) is 12.6. The topological polar surface area (TPSA) is 65.2 Å². The Kier molecular flexibility index (Phi) is 6.59. The van der Waals surface area contributed by atoms with Gasteiger partial charge in [0, 0.05) is 6.20 Å². The Bertz CT molecular complexity index is 356. The number of nitrogens with two attached hydrogens (primary N) is 1. The highest BCUT2D eigenvalue weighted by Crippen LogP contribution is 2.02. The highest BCUT2D eigenvalue weighted by Gasteiger charge is 2.03. The van der Waals surface area contributed by atoms with E-state index in [1.807, 2.05) is 26.8 Å². The second-order valence-electron chi connectivity index (χ2n) is 2.85. The Labute approximate surface area is 96.1 Å². The second kappa shape index (κ2) is 7.45. The number of nitrogens with zero attached hydrogens (tertiary/aromatic N) is 1. The molecule has 0 aliphatic carbocycles. The summed E-state index contributed by atoms with van der Waals surface area (Å²) >= 11 is 0. The Hall–Kier alpha value is -1.84. The van der Waals surface area contributed by atoms with E-state index < -0.39 is 5.97 Å². The van der Waals surface area contributed by atoms with Crippen LogP contribution in [0, 0.1) is 6.92 Å². The molecule has 0 bridgehead atoms. The Morgan fingerprint density at radius 2 is 2.06 bits per heavy atom. The van der Waals surface area contributed by atoms with Gasteiger partial charge in [-0.3, -0.25) is 4.98 Å². The summed E-state index contributed by atoms with van der Waals surface area (Å²) in [6.07, 6.45) is 3.18. The van der Waals surface area contributed by atoms with E-state index in [2.05, 4.69) is 9.72 Å². The van der Waals surface area contributed by atoms with Gasteiger partial charge >= 0.3 is 5.97 Å². The summed E-state index contributed by atoms with van der Waals surface area (Å²) in [5, 5.41) is 0. The van der Waals surface area contributed by atoms with E-state index in [-0.39, 0.29) is 5.70 Å². The van der Waals surface area contributed by atoms with E-state index in [9.17, 15) is 4.79 Å². The minimum absolute atomic E-state index is 0.0452. The van der Waals surface area contributed by atoms with Crippen molar-refractivity contribution in [1.82, 2.24) is 4.98 Å². The van der Waals surface area contributed by atoms with Gasteiger partial charge in [-0.2, -0.15) is 0 Å². The van der Waals surface area contributed by atoms with E-state index >= 15 is 0 Å². The summed E-state index contributed by atoms with van der Waals surface area (Å²) in [5.41, 5.74) is 7.18. The SMILES string of the molecule is CC.COC(=O)/C(N)=C/c1ccc(C)cn1. The van der Waals surface area contributed by atoms with Gasteiger partial charge < -0.3 is 10.5 Å². The summed E-state index contributed by atoms with van der Waals surface area (Å²) in [6.45, 7) is 5.93. The lowest BCUT2D eigenvalue weighted by Gasteiger charge is -1.98. The molecule has 0 unspecified atom stereocenters. The number of methoxy groups -OCH3 is 1. The van der Waals surface area contributed by atoms with Crippen LogP contribution in [0.3, 0.4) is 0 Å². The van der Waals surface area contributed by atoms with Crippen LogP contribution in [0.5, 0.6) is 0 Å². The van der Waals surface area contributed by atoms with Gasteiger partial charge in [-0.05, 0) is 24.6 Å². The van der Waals surface area contributed by atoms with Crippen LogP contribution in [0.2, 0.25) is 0 Å². The van der Waals surface area contributed by atoms with Crippen LogP contribution in [0.1, 0.15) is 25.1 Å². The van der Waals surface area contributed by atoms with E-state index in [1.54, 1.807) is 12.3 Å². The van der Waals surface area contributed by atoms with Crippen LogP contribution in [0.4, 0.5) is 0 Å². The van der Waals surface area contributed by atoms with E-state index in [0.29, 0.717) is 5.69 Å². The molecule has 0 amide bonds. The number of aromatic nitrogens is 1. The molecule has 0 saturated carbocycles. The monoisotopic (exact) mass is 222 g/mol. The first-order chi connectivity index (χ1) is 7.63. The van der Waals surface area contributed by atoms with Gasteiger partial charge in [0.15, 0.2) is 0 Å². The number of pyridine rings is 1. The molecule has 0 aliphatic rings. The normalized spacial score (nSPS) is 10.1. The Morgan fingerprint density at radius 3 is 2.50 bits per heavy atom. The number of hydrogen-bond acceptors (Lipinski definition) is 4. The molecule has 1 rings (SSSR count). The molecular weight excluding hydrogens is 204 g/mol. The van der Waals surface area contributed by atoms with Gasteiger partial charge in [0.1, 0.15) is 5.70 Å². The fourth-order valence-electron chi connectivity index (χ4n) is 0.901. The number of carbonyl (C=O) groups excluding carboxylic acids is 1. The van der Waals surface area contributed by atoms with E-state index in [4.69, 9.17) is 5.73 Å². The van der Waals surface area contributed by atoms with Crippen molar-refractivity contribution in [3.05, 3.63) is 35.3 Å². The molecule has 4 heteroatoms. The van der Waals surface area contributed by atoms with Gasteiger partial charge in [0.2, 0.25) is 0 Å². The zero-order valence-electron chi connectivity index (χ0n) is 10.2. The smallest absolute Gasteiger partial charge is 0.353 e. The number of esters is 1. The van der Waals surface area contributed by atoms with Crippen LogP contribution in [0.25, 0.3) is 6.08 Å². The molecule has 4 nitrogen and oxygen atoms in total. The molecule has 16 heavy (non-hydrogen) atoms. The summed E-state index contributed by atoms with van der Waals surface area (Å²) in [6, 6.07) is 3.68. The number of carbonyl (C=O) groups is 1. The largest absolute Gasteiger partial charge is 0.464 e. The van der Waals surface area contributed by atoms with Gasteiger partial charge in [-0.15, -0.1) is 0 Å². The van der Waals surface area contributed by atoms with E-state index in [1.165, 1.54) is 13.2 Å². The Morgan fingerprint density at radius 1 is 1.44 bits per heavy atom. The van der Waals surface area contributed by atoms with Crippen molar-refractivity contribution in [2.45, 2.75) is 20.8 Å². The third-order valence-electron chi connectivity index (χ3n) is 1.66. The average molecular weight is 222 g/mol. The molecule has 1 aromatic heterocycles. The maximum Gasteiger partial charge on any atom is 0.353 e. The molecule has 0 fully saturated rings. The number of ether oxygens (including phenoxy) is 1. The van der Waals surface area contributed by atoms with Crippen molar-refractivity contribution < 1.29 is 9.53 Å². The van der Waals surface area contributed by atoms with Crippen molar-refractivity contribution >= 4 is 12.0 Å². The first-order valence-electron chi connectivity index (χ1n) is 5.11. The maximum absolute atomic E-state index is 10.9. The number of aryl methyl sites for hydroxylation is 1. The fraction of sp³-hybridized carbons (Fsp3) is 0.333. The van der Waals surface area contributed by atoms with Gasteiger partial charge in [0.25, 0.3) is 0 Å². The van der Waals surface area contributed by atoms with Gasteiger partial charge in [-0.1, -0.05) is 19.9 Å². The van der Waals surface area contributed by atoms with Gasteiger partial charge in [0.05, 0.1) is 12.8 Å². The molecule has 0 aliphatic heterocycles. The van der Waals surface area contributed by atoms with Crippen molar-refractivity contribution in [3.63, 3.8) is 0 Å². The molecule has 88 valence electrons. The van der Waals surface area contributed by atoms with Crippen LogP contribution in [-0.4, -0.2) is 18.1 Å². The third kappa shape index (κ3) is 4.59. The maximum atomic E-state index is 10.9. The van der Waals surface area contributed by atoms with Crippen LogP contribution in [-0.2, 0) is 9.53 Å². The molecule has 0 radical (unpaired) electrons. The predicted molar refractivity (Wildman–Crippen MR) is 64.5 cm³/mol. The lowest BCUT2D eigenvalue weighted by atomic mass is 10.2. The van der Waals surface area contributed by atoms with Crippen molar-refractivity contribution in [2.75, 3.05) is 7.11 Å². The highest BCUT2D eigenvalue weighted by atomic mass is 16.5. The zero-order valence-corrected chi connectivity index (χ0v) is 10.2. The van der Waals surface area contributed by atoms with Crippen LogP contribution >= 0.6 is 0 Å². The molecule has 2 N–H and O–H groups in total. The second-order valence-corrected chi connectivity index (χ2v) is 2.85. The first kappa shape index (κ1) is 14.2. The third-order valence-corrected chi connectivity index (χ3v) is 1.66. The quantitative estimate of drug-likeness (QED) is 0.613. The molecule has 0 aromatic carbocycles. The average Bonchev–Trinajstić information content (AvgIpc) is 2.33. The standard InChI is InChI=1S/C10H12N2O2.C2H6/c1-7-3-4-8(12-6-7)5-9(11)10(13)14-2;1-2/h3-6H,11H2,1-2H3;1-2H3/b9-5-;. The first-order valence-corrected chi connectivity index (χ1v) is 5.11. The summed E-state index contributed by atoms with van der Waals surface area (Å²) in [5.74, 6) is -0.549. The van der Waals surface area contributed by atoms with E-state index in [0.717, 1.165) is 5.56 Å². The molecule has 1 aromatic rings.